The average molecular weight is 370 g/mol. The van der Waals surface area contributed by atoms with Gasteiger partial charge < -0.3 is 24.8 Å². The largest absolute Gasteiger partial charge is 0.493 e. The van der Waals surface area contributed by atoms with Gasteiger partial charge in [-0.15, -0.1) is 0 Å². The summed E-state index contributed by atoms with van der Waals surface area (Å²) in [5.41, 5.74) is 2.22. The van der Waals surface area contributed by atoms with Gasteiger partial charge in [0.05, 0.1) is 13.2 Å². The number of benzene rings is 2. The first kappa shape index (κ1) is 19.7. The SMILES string of the molecule is COc1ccc(CNCC(O)CN2CCCC2)cc1OCc1ccccc1. The van der Waals surface area contributed by atoms with Crippen molar-refractivity contribution in [2.45, 2.75) is 32.1 Å². The number of nitrogens with one attached hydrogen (secondary N) is 1. The molecule has 1 fully saturated rings. The Hall–Kier alpha value is -2.08. The van der Waals surface area contributed by atoms with Crippen LogP contribution in [0.1, 0.15) is 24.0 Å². The van der Waals surface area contributed by atoms with E-state index in [1.807, 2.05) is 48.5 Å². The first-order valence-corrected chi connectivity index (χ1v) is 9.69. The monoisotopic (exact) mass is 370 g/mol. The summed E-state index contributed by atoms with van der Waals surface area (Å²) in [4.78, 5) is 2.33. The third-order valence-corrected chi connectivity index (χ3v) is 4.84. The molecule has 2 aromatic carbocycles. The van der Waals surface area contributed by atoms with Crippen molar-refractivity contribution in [1.82, 2.24) is 10.2 Å². The Morgan fingerprint density at radius 3 is 2.56 bits per heavy atom. The third-order valence-electron chi connectivity index (χ3n) is 4.84. The van der Waals surface area contributed by atoms with Gasteiger partial charge in [-0.3, -0.25) is 0 Å². The molecule has 1 atom stereocenters. The molecule has 0 spiro atoms. The highest BCUT2D eigenvalue weighted by atomic mass is 16.5. The first-order valence-electron chi connectivity index (χ1n) is 9.69. The van der Waals surface area contributed by atoms with Crippen LogP contribution >= 0.6 is 0 Å². The van der Waals surface area contributed by atoms with Crippen molar-refractivity contribution in [3.05, 3.63) is 59.7 Å². The lowest BCUT2D eigenvalue weighted by Crippen LogP contribution is -2.36. The van der Waals surface area contributed by atoms with Crippen LogP contribution in [0.2, 0.25) is 0 Å². The van der Waals surface area contributed by atoms with Crippen molar-refractivity contribution in [1.29, 1.82) is 0 Å². The molecule has 5 heteroatoms. The molecule has 0 saturated carbocycles. The van der Waals surface area contributed by atoms with E-state index < -0.39 is 0 Å². The molecular formula is C22H30N2O3. The van der Waals surface area contributed by atoms with Crippen LogP contribution in [-0.2, 0) is 13.2 Å². The molecule has 0 bridgehead atoms. The smallest absolute Gasteiger partial charge is 0.161 e. The van der Waals surface area contributed by atoms with Gasteiger partial charge in [-0.2, -0.15) is 0 Å². The van der Waals surface area contributed by atoms with Crippen LogP contribution in [0.5, 0.6) is 11.5 Å². The van der Waals surface area contributed by atoms with Gasteiger partial charge in [-0.25, -0.2) is 0 Å². The van der Waals surface area contributed by atoms with Crippen molar-refractivity contribution in [2.24, 2.45) is 0 Å². The summed E-state index contributed by atoms with van der Waals surface area (Å²) in [5, 5.41) is 13.5. The number of likely N-dealkylation sites (tertiary alicyclic amines) is 1. The van der Waals surface area contributed by atoms with Gasteiger partial charge in [-0.05, 0) is 49.2 Å². The zero-order chi connectivity index (χ0) is 18.9. The van der Waals surface area contributed by atoms with E-state index in [9.17, 15) is 5.11 Å². The Labute approximate surface area is 161 Å². The van der Waals surface area contributed by atoms with E-state index >= 15 is 0 Å². The molecule has 1 saturated heterocycles. The Kier molecular flexibility index (Phi) is 7.51. The topological polar surface area (TPSA) is 54.0 Å². The quantitative estimate of drug-likeness (QED) is 0.674. The molecule has 2 N–H and O–H groups in total. The van der Waals surface area contributed by atoms with Gasteiger partial charge in [0.15, 0.2) is 11.5 Å². The number of aliphatic hydroxyl groups is 1. The zero-order valence-electron chi connectivity index (χ0n) is 16.1. The summed E-state index contributed by atoms with van der Waals surface area (Å²) in [5.74, 6) is 1.46. The summed E-state index contributed by atoms with van der Waals surface area (Å²) >= 11 is 0. The Bertz CT molecular complexity index is 687. The molecule has 0 aliphatic carbocycles. The Balaban J connectivity index is 1.49. The first-order chi connectivity index (χ1) is 13.2. The van der Waals surface area contributed by atoms with Gasteiger partial charge in [0.25, 0.3) is 0 Å². The Morgan fingerprint density at radius 1 is 1.04 bits per heavy atom. The van der Waals surface area contributed by atoms with Crippen LogP contribution in [0, 0.1) is 0 Å². The molecule has 1 unspecified atom stereocenters. The van der Waals surface area contributed by atoms with E-state index in [0.29, 0.717) is 19.7 Å². The molecule has 1 heterocycles. The standard InChI is InChI=1S/C22H30N2O3/c1-26-21-10-9-19(13-22(21)27-17-18-7-3-2-4-8-18)14-23-15-20(25)16-24-11-5-6-12-24/h2-4,7-10,13,20,23,25H,5-6,11-12,14-17H2,1H3. The number of β-amino-alcohol motifs (C(OH)–C–C–N with tert-alkyl or cyclic N) is 1. The second-order valence-corrected chi connectivity index (χ2v) is 7.05. The molecule has 146 valence electrons. The molecular weight excluding hydrogens is 340 g/mol. The number of ether oxygens (including phenoxy) is 2. The van der Waals surface area contributed by atoms with Crippen LogP contribution in [0.15, 0.2) is 48.5 Å². The summed E-state index contributed by atoms with van der Waals surface area (Å²) in [6.45, 7) is 4.74. The van der Waals surface area contributed by atoms with Crippen molar-refractivity contribution >= 4 is 0 Å². The molecule has 5 nitrogen and oxygen atoms in total. The van der Waals surface area contributed by atoms with E-state index in [0.717, 1.165) is 42.3 Å². The fourth-order valence-corrected chi connectivity index (χ4v) is 3.39. The van der Waals surface area contributed by atoms with Crippen LogP contribution in [-0.4, -0.2) is 49.4 Å². The molecule has 2 aromatic rings. The highest BCUT2D eigenvalue weighted by Gasteiger charge is 2.15. The molecule has 0 aromatic heterocycles. The van der Waals surface area contributed by atoms with Crippen LogP contribution in [0.4, 0.5) is 0 Å². The minimum atomic E-state index is -0.338. The van der Waals surface area contributed by atoms with Gasteiger partial charge in [0.2, 0.25) is 0 Å². The average Bonchev–Trinajstić information content (AvgIpc) is 3.20. The second kappa shape index (κ2) is 10.3. The summed E-state index contributed by atoms with van der Waals surface area (Å²) in [7, 11) is 1.65. The summed E-state index contributed by atoms with van der Waals surface area (Å²) in [6, 6.07) is 16.0. The Morgan fingerprint density at radius 2 is 1.81 bits per heavy atom. The van der Waals surface area contributed by atoms with E-state index in [2.05, 4.69) is 10.2 Å². The van der Waals surface area contributed by atoms with Crippen LogP contribution in [0.25, 0.3) is 0 Å². The van der Waals surface area contributed by atoms with E-state index in [1.165, 1.54) is 12.8 Å². The highest BCUT2D eigenvalue weighted by molar-refractivity contribution is 5.43. The van der Waals surface area contributed by atoms with Gasteiger partial charge in [0, 0.05) is 19.6 Å². The maximum Gasteiger partial charge on any atom is 0.161 e. The van der Waals surface area contributed by atoms with Crippen molar-refractivity contribution < 1.29 is 14.6 Å². The molecule has 0 radical (unpaired) electrons. The third kappa shape index (κ3) is 6.24. The number of hydrogen-bond donors (Lipinski definition) is 2. The number of aliphatic hydroxyl groups excluding tert-OH is 1. The molecule has 27 heavy (non-hydrogen) atoms. The summed E-state index contributed by atoms with van der Waals surface area (Å²) in [6.07, 6.45) is 2.16. The maximum atomic E-state index is 10.2. The van der Waals surface area contributed by atoms with Crippen molar-refractivity contribution in [3.63, 3.8) is 0 Å². The fourth-order valence-electron chi connectivity index (χ4n) is 3.39. The van der Waals surface area contributed by atoms with Crippen LogP contribution in [0.3, 0.4) is 0 Å². The lowest BCUT2D eigenvalue weighted by Gasteiger charge is -2.19. The van der Waals surface area contributed by atoms with E-state index in [4.69, 9.17) is 9.47 Å². The van der Waals surface area contributed by atoms with E-state index in [1.54, 1.807) is 7.11 Å². The molecule has 0 amide bonds. The number of nitrogens with zero attached hydrogens (tertiary/aromatic N) is 1. The lowest BCUT2D eigenvalue weighted by atomic mass is 10.2. The predicted molar refractivity (Wildman–Crippen MR) is 107 cm³/mol. The minimum Gasteiger partial charge on any atom is -0.493 e. The van der Waals surface area contributed by atoms with Gasteiger partial charge >= 0.3 is 0 Å². The van der Waals surface area contributed by atoms with Gasteiger partial charge in [-0.1, -0.05) is 36.4 Å². The highest BCUT2D eigenvalue weighted by Crippen LogP contribution is 2.28. The molecule has 3 rings (SSSR count). The van der Waals surface area contributed by atoms with E-state index in [-0.39, 0.29) is 6.10 Å². The normalized spacial score (nSPS) is 15.6. The fraction of sp³-hybridized carbons (Fsp3) is 0.455. The maximum absolute atomic E-state index is 10.2. The van der Waals surface area contributed by atoms with Crippen molar-refractivity contribution in [2.75, 3.05) is 33.3 Å². The molecule has 1 aliphatic heterocycles. The number of methoxy groups -OCH3 is 1. The number of rotatable bonds is 10. The molecule has 1 aliphatic rings. The van der Waals surface area contributed by atoms with Gasteiger partial charge in [0.1, 0.15) is 6.61 Å². The zero-order valence-corrected chi connectivity index (χ0v) is 16.1. The number of hydrogen-bond acceptors (Lipinski definition) is 5. The summed E-state index contributed by atoms with van der Waals surface area (Å²) < 4.78 is 11.4. The van der Waals surface area contributed by atoms with Crippen molar-refractivity contribution in [3.8, 4) is 11.5 Å². The minimum absolute atomic E-state index is 0.338. The van der Waals surface area contributed by atoms with Crippen LogP contribution < -0.4 is 14.8 Å². The predicted octanol–water partition coefficient (Wildman–Crippen LogP) is 2.82. The second-order valence-electron chi connectivity index (χ2n) is 7.05. The lowest BCUT2D eigenvalue weighted by molar-refractivity contribution is 0.123.